The molecule has 0 aliphatic carbocycles. The lowest BCUT2D eigenvalue weighted by molar-refractivity contribution is -0.140. The van der Waals surface area contributed by atoms with Crippen molar-refractivity contribution >= 4 is 28.2 Å². The molecule has 26 heavy (non-hydrogen) atoms. The second kappa shape index (κ2) is 7.61. The Kier molecular flexibility index (Phi) is 5.08. The van der Waals surface area contributed by atoms with Crippen LogP contribution in [0.4, 0.5) is 0 Å². The fourth-order valence-corrected chi connectivity index (χ4v) is 2.71. The zero-order valence-electron chi connectivity index (χ0n) is 14.4. The minimum absolute atomic E-state index is 0.0659. The normalized spacial score (nSPS) is 11.2. The fraction of sp³-hybridized carbons (Fsp3) is 0.0952. The third-order valence-corrected chi connectivity index (χ3v) is 3.88. The van der Waals surface area contributed by atoms with Crippen molar-refractivity contribution < 1.29 is 19.2 Å². The van der Waals surface area contributed by atoms with Gasteiger partial charge >= 0.3 is 5.97 Å². The van der Waals surface area contributed by atoms with E-state index >= 15 is 0 Å². The van der Waals surface area contributed by atoms with E-state index in [4.69, 9.17) is 9.57 Å². The van der Waals surface area contributed by atoms with Crippen molar-refractivity contribution in [1.29, 1.82) is 0 Å². The molecule has 0 fully saturated rings. The lowest BCUT2D eigenvalue weighted by Crippen LogP contribution is -2.17. The molecule has 5 nitrogen and oxygen atoms in total. The Morgan fingerprint density at radius 3 is 2.15 bits per heavy atom. The maximum atomic E-state index is 13.2. The number of carbonyl (C=O) groups excluding carboxylic acids is 2. The predicted molar refractivity (Wildman–Crippen MR) is 99.6 cm³/mol. The molecule has 0 atom stereocenters. The lowest BCUT2D eigenvalue weighted by atomic mass is 9.95. The first kappa shape index (κ1) is 17.4. The van der Waals surface area contributed by atoms with Gasteiger partial charge in [0.15, 0.2) is 5.71 Å². The van der Waals surface area contributed by atoms with Crippen LogP contribution in [0.25, 0.3) is 10.8 Å². The molecule has 0 spiro atoms. The van der Waals surface area contributed by atoms with Gasteiger partial charge in [0.25, 0.3) is 0 Å². The highest BCUT2D eigenvalue weighted by Crippen LogP contribution is 2.29. The Balaban J connectivity index is 2.15. The largest absolute Gasteiger partial charge is 0.496 e. The van der Waals surface area contributed by atoms with Gasteiger partial charge in [-0.3, -0.25) is 4.79 Å². The monoisotopic (exact) mass is 347 g/mol. The highest BCUT2D eigenvalue weighted by molar-refractivity contribution is 6.52. The van der Waals surface area contributed by atoms with Crippen molar-refractivity contribution in [2.45, 2.75) is 6.92 Å². The number of Topliss-reactive ketones (excluding diaryl/α,β-unsaturated/α-hetero) is 1. The second-order valence-electron chi connectivity index (χ2n) is 5.58. The van der Waals surface area contributed by atoms with Gasteiger partial charge in [0.1, 0.15) is 5.75 Å². The smallest absolute Gasteiger partial charge is 0.332 e. The Labute approximate surface area is 150 Å². The molecular weight excluding hydrogens is 330 g/mol. The number of benzene rings is 3. The van der Waals surface area contributed by atoms with Crippen LogP contribution in [0.5, 0.6) is 5.75 Å². The van der Waals surface area contributed by atoms with Crippen LogP contribution in [0.15, 0.2) is 71.9 Å². The summed E-state index contributed by atoms with van der Waals surface area (Å²) in [4.78, 5) is 29.1. The second-order valence-corrected chi connectivity index (χ2v) is 5.58. The van der Waals surface area contributed by atoms with Crippen molar-refractivity contribution in [2.75, 3.05) is 7.11 Å². The quantitative estimate of drug-likeness (QED) is 0.303. The fourth-order valence-electron chi connectivity index (χ4n) is 2.71. The summed E-state index contributed by atoms with van der Waals surface area (Å²) in [6, 6.07) is 19.8. The number of fused-ring (bicyclic) bond motifs is 1. The number of oxime groups is 1. The van der Waals surface area contributed by atoms with Gasteiger partial charge in [0, 0.05) is 23.4 Å². The van der Waals surface area contributed by atoms with E-state index in [-0.39, 0.29) is 11.5 Å². The maximum absolute atomic E-state index is 13.2. The van der Waals surface area contributed by atoms with Gasteiger partial charge in [-0.05, 0) is 17.5 Å². The predicted octanol–water partition coefficient (Wildman–Crippen LogP) is 4.00. The molecule has 0 radical (unpaired) electrons. The summed E-state index contributed by atoms with van der Waals surface area (Å²) in [5.41, 5.74) is 1.09. The molecule has 3 rings (SSSR count). The summed E-state index contributed by atoms with van der Waals surface area (Å²) in [5, 5.41) is 5.36. The SMILES string of the molecule is COc1ccc(C(=O)C(=NOC(C)=O)c2ccccc2)c2ccccc12. The number of ether oxygens (including phenoxy) is 1. The molecule has 0 N–H and O–H groups in total. The first-order valence-electron chi connectivity index (χ1n) is 8.03. The Hall–Kier alpha value is -3.47. The Morgan fingerprint density at radius 1 is 0.846 bits per heavy atom. The molecular formula is C21H17NO4. The summed E-state index contributed by atoms with van der Waals surface area (Å²) >= 11 is 0. The highest BCUT2D eigenvalue weighted by atomic mass is 16.7. The Morgan fingerprint density at radius 2 is 1.50 bits per heavy atom. The van der Waals surface area contributed by atoms with Crippen LogP contribution in [0.3, 0.4) is 0 Å². The molecule has 3 aromatic carbocycles. The molecule has 0 unspecified atom stereocenters. The molecule has 0 saturated heterocycles. The molecule has 5 heteroatoms. The summed E-state index contributed by atoms with van der Waals surface area (Å²) in [6.07, 6.45) is 0. The molecule has 0 aliphatic heterocycles. The van der Waals surface area contributed by atoms with E-state index in [1.165, 1.54) is 6.92 Å². The molecule has 0 amide bonds. The van der Waals surface area contributed by atoms with E-state index in [1.807, 2.05) is 30.3 Å². The van der Waals surface area contributed by atoms with Gasteiger partial charge < -0.3 is 9.57 Å². The van der Waals surface area contributed by atoms with E-state index in [0.717, 1.165) is 10.8 Å². The van der Waals surface area contributed by atoms with Crippen molar-refractivity contribution in [3.63, 3.8) is 0 Å². The van der Waals surface area contributed by atoms with E-state index < -0.39 is 5.97 Å². The molecule has 0 bridgehead atoms. The number of hydrogen-bond donors (Lipinski definition) is 0. The standard InChI is InChI=1S/C21H17NO4/c1-14(23)26-22-20(15-8-4-3-5-9-15)21(24)18-12-13-19(25-2)17-11-7-6-10-16(17)18/h3-13H,1-2H3. The molecule has 0 heterocycles. The molecule has 130 valence electrons. The number of hydrogen-bond acceptors (Lipinski definition) is 5. The number of ketones is 1. The van der Waals surface area contributed by atoms with Crippen LogP contribution < -0.4 is 4.74 Å². The molecule has 0 aromatic heterocycles. The third kappa shape index (κ3) is 3.47. The number of carbonyl (C=O) groups is 2. The van der Waals surface area contributed by atoms with Gasteiger partial charge in [-0.15, -0.1) is 0 Å². The topological polar surface area (TPSA) is 65.0 Å². The van der Waals surface area contributed by atoms with Gasteiger partial charge in [0.05, 0.1) is 7.11 Å². The zero-order valence-corrected chi connectivity index (χ0v) is 14.4. The van der Waals surface area contributed by atoms with Crippen molar-refractivity contribution in [2.24, 2.45) is 5.16 Å². The number of nitrogens with zero attached hydrogens (tertiary/aromatic N) is 1. The van der Waals surface area contributed by atoms with Crippen LogP contribution in [0.1, 0.15) is 22.8 Å². The molecule has 0 saturated carbocycles. The van der Waals surface area contributed by atoms with E-state index in [2.05, 4.69) is 5.16 Å². The average molecular weight is 347 g/mol. The van der Waals surface area contributed by atoms with E-state index in [9.17, 15) is 9.59 Å². The van der Waals surface area contributed by atoms with Crippen molar-refractivity contribution in [3.05, 3.63) is 77.9 Å². The Bertz CT molecular complexity index is 993. The van der Waals surface area contributed by atoms with Crippen molar-refractivity contribution in [3.8, 4) is 5.75 Å². The van der Waals surface area contributed by atoms with Gasteiger partial charge in [-0.1, -0.05) is 59.8 Å². The third-order valence-electron chi connectivity index (χ3n) is 3.88. The van der Waals surface area contributed by atoms with Crippen molar-refractivity contribution in [1.82, 2.24) is 0 Å². The highest BCUT2D eigenvalue weighted by Gasteiger charge is 2.21. The van der Waals surface area contributed by atoms with Crippen LogP contribution >= 0.6 is 0 Å². The van der Waals surface area contributed by atoms with Crippen LogP contribution in [-0.2, 0) is 9.63 Å². The van der Waals surface area contributed by atoms with E-state index in [0.29, 0.717) is 16.9 Å². The van der Waals surface area contributed by atoms with E-state index in [1.54, 1.807) is 43.5 Å². The minimum Gasteiger partial charge on any atom is -0.496 e. The molecule has 3 aromatic rings. The first-order chi connectivity index (χ1) is 12.6. The summed E-state index contributed by atoms with van der Waals surface area (Å²) in [5.74, 6) is -0.252. The average Bonchev–Trinajstić information content (AvgIpc) is 2.67. The van der Waals surface area contributed by atoms with Gasteiger partial charge in [-0.25, -0.2) is 4.79 Å². The van der Waals surface area contributed by atoms with Crippen LogP contribution in [0, 0.1) is 0 Å². The summed E-state index contributed by atoms with van der Waals surface area (Å²) in [7, 11) is 1.58. The lowest BCUT2D eigenvalue weighted by Gasteiger charge is -2.11. The summed E-state index contributed by atoms with van der Waals surface area (Å²) in [6.45, 7) is 1.24. The zero-order chi connectivity index (χ0) is 18.5. The van der Waals surface area contributed by atoms with Crippen LogP contribution in [0.2, 0.25) is 0 Å². The molecule has 0 aliphatic rings. The first-order valence-corrected chi connectivity index (χ1v) is 8.03. The minimum atomic E-state index is -0.592. The maximum Gasteiger partial charge on any atom is 0.332 e. The van der Waals surface area contributed by atoms with Crippen LogP contribution in [-0.4, -0.2) is 24.6 Å². The summed E-state index contributed by atoms with van der Waals surface area (Å²) < 4.78 is 5.38. The number of methoxy groups -OCH3 is 1. The van der Waals surface area contributed by atoms with Gasteiger partial charge in [0.2, 0.25) is 5.78 Å². The number of rotatable bonds is 5. The van der Waals surface area contributed by atoms with Gasteiger partial charge in [-0.2, -0.15) is 0 Å².